The molecule has 0 heterocycles. The summed E-state index contributed by atoms with van der Waals surface area (Å²) >= 11 is 0. The van der Waals surface area contributed by atoms with Crippen LogP contribution >= 0.6 is 0 Å². The van der Waals surface area contributed by atoms with Gasteiger partial charge in [0.15, 0.2) is 0 Å². The first-order valence-corrected chi connectivity index (χ1v) is 4.42. The molecule has 1 rings (SSSR count). The Morgan fingerprint density at radius 2 is 2.19 bits per heavy atom. The molecule has 5 nitrogen and oxygen atoms in total. The van der Waals surface area contributed by atoms with Crippen molar-refractivity contribution in [3.8, 4) is 0 Å². The Morgan fingerprint density at radius 3 is 2.69 bits per heavy atom. The third-order valence-corrected chi connectivity index (χ3v) is 2.17. The van der Waals surface area contributed by atoms with Crippen molar-refractivity contribution >= 4 is 11.7 Å². The Bertz CT molecular complexity index is 431. The molecule has 1 atom stereocenters. The predicted molar refractivity (Wildman–Crippen MR) is 53.6 cm³/mol. The Kier molecular flexibility index (Phi) is 3.22. The van der Waals surface area contributed by atoms with Crippen molar-refractivity contribution in [1.29, 1.82) is 0 Å². The molecular formula is C10H10FNO4. The van der Waals surface area contributed by atoms with Gasteiger partial charge in [-0.25, -0.2) is 9.18 Å². The summed E-state index contributed by atoms with van der Waals surface area (Å²) in [5.41, 5.74) is -2.76. The number of ether oxygens (including phenoxy) is 1. The number of benzene rings is 1. The summed E-state index contributed by atoms with van der Waals surface area (Å²) in [6, 6.07) is 4.84. The monoisotopic (exact) mass is 227 g/mol. The number of carbonyl (C=O) groups excluding carboxylic acids is 1. The maximum absolute atomic E-state index is 14.0. The van der Waals surface area contributed by atoms with Crippen LogP contribution in [-0.4, -0.2) is 18.0 Å². The lowest BCUT2D eigenvalue weighted by Crippen LogP contribution is -2.28. The van der Waals surface area contributed by atoms with Crippen LogP contribution in [0.15, 0.2) is 24.3 Å². The number of hydrogen-bond acceptors (Lipinski definition) is 4. The average molecular weight is 227 g/mol. The van der Waals surface area contributed by atoms with E-state index in [2.05, 4.69) is 4.74 Å². The van der Waals surface area contributed by atoms with Gasteiger partial charge in [0.05, 0.1) is 12.0 Å². The fourth-order valence-electron chi connectivity index (χ4n) is 1.22. The van der Waals surface area contributed by atoms with E-state index in [1.54, 1.807) is 0 Å². The average Bonchev–Trinajstić information content (AvgIpc) is 2.28. The van der Waals surface area contributed by atoms with Gasteiger partial charge >= 0.3 is 5.97 Å². The van der Waals surface area contributed by atoms with Gasteiger partial charge in [0.2, 0.25) is 5.67 Å². The summed E-state index contributed by atoms with van der Waals surface area (Å²) in [6.07, 6.45) is 0. The van der Waals surface area contributed by atoms with Crippen molar-refractivity contribution in [1.82, 2.24) is 0 Å². The summed E-state index contributed by atoms with van der Waals surface area (Å²) in [4.78, 5) is 21.0. The van der Waals surface area contributed by atoms with Gasteiger partial charge in [0.1, 0.15) is 0 Å². The second-order valence-electron chi connectivity index (χ2n) is 3.30. The third-order valence-electron chi connectivity index (χ3n) is 2.17. The summed E-state index contributed by atoms with van der Waals surface area (Å²) < 4.78 is 18.2. The summed E-state index contributed by atoms with van der Waals surface area (Å²) in [5, 5.41) is 10.5. The van der Waals surface area contributed by atoms with Crippen molar-refractivity contribution < 1.29 is 18.8 Å². The van der Waals surface area contributed by atoms with E-state index in [-0.39, 0.29) is 11.3 Å². The van der Waals surface area contributed by atoms with Gasteiger partial charge < -0.3 is 4.74 Å². The molecule has 0 spiro atoms. The molecule has 0 aromatic heterocycles. The number of hydrogen-bond donors (Lipinski definition) is 0. The van der Waals surface area contributed by atoms with Gasteiger partial charge in [-0.15, -0.1) is 0 Å². The number of carbonyl (C=O) groups is 1. The van der Waals surface area contributed by atoms with Crippen LogP contribution in [-0.2, 0) is 15.2 Å². The minimum Gasteiger partial charge on any atom is -0.466 e. The van der Waals surface area contributed by atoms with Crippen LogP contribution in [0.25, 0.3) is 0 Å². The first-order chi connectivity index (χ1) is 7.39. The highest BCUT2D eigenvalue weighted by atomic mass is 19.1. The van der Waals surface area contributed by atoms with Crippen LogP contribution in [0, 0.1) is 10.1 Å². The van der Waals surface area contributed by atoms with E-state index < -0.39 is 16.6 Å². The van der Waals surface area contributed by atoms with Gasteiger partial charge in [-0.1, -0.05) is 12.1 Å². The maximum Gasteiger partial charge on any atom is 0.348 e. The van der Waals surface area contributed by atoms with Crippen LogP contribution in [0.4, 0.5) is 10.1 Å². The zero-order chi connectivity index (χ0) is 12.3. The molecule has 0 N–H and O–H groups in total. The van der Waals surface area contributed by atoms with E-state index in [0.717, 1.165) is 20.1 Å². The molecule has 0 radical (unpaired) electrons. The second kappa shape index (κ2) is 4.26. The number of alkyl halides is 1. The second-order valence-corrected chi connectivity index (χ2v) is 3.30. The fraction of sp³-hybridized carbons (Fsp3) is 0.300. The van der Waals surface area contributed by atoms with Crippen molar-refractivity contribution in [2.45, 2.75) is 12.6 Å². The van der Waals surface area contributed by atoms with Crippen LogP contribution in [0.5, 0.6) is 0 Å². The van der Waals surface area contributed by atoms with Crippen molar-refractivity contribution in [2.24, 2.45) is 0 Å². The quantitative estimate of drug-likeness (QED) is 0.449. The lowest BCUT2D eigenvalue weighted by Gasteiger charge is -2.17. The summed E-state index contributed by atoms with van der Waals surface area (Å²) in [5.74, 6) is -1.09. The van der Waals surface area contributed by atoms with Gasteiger partial charge in [0.25, 0.3) is 5.69 Å². The number of non-ortho nitro benzene ring substituents is 1. The van der Waals surface area contributed by atoms with E-state index in [4.69, 9.17) is 0 Å². The van der Waals surface area contributed by atoms with Crippen LogP contribution < -0.4 is 0 Å². The number of rotatable bonds is 3. The van der Waals surface area contributed by atoms with E-state index in [1.807, 2.05) is 0 Å². The molecule has 1 aromatic rings. The van der Waals surface area contributed by atoms with Crippen molar-refractivity contribution in [2.75, 3.05) is 7.11 Å². The molecule has 6 heteroatoms. The van der Waals surface area contributed by atoms with E-state index >= 15 is 0 Å². The molecule has 1 aromatic carbocycles. The Hall–Kier alpha value is -1.98. The molecular weight excluding hydrogens is 217 g/mol. The van der Waals surface area contributed by atoms with E-state index in [1.165, 1.54) is 18.2 Å². The molecule has 0 saturated carbocycles. The highest BCUT2D eigenvalue weighted by molar-refractivity contribution is 5.80. The molecule has 0 aliphatic rings. The highest BCUT2D eigenvalue weighted by Crippen LogP contribution is 2.29. The molecule has 0 fully saturated rings. The number of nitro benzene ring substituents is 1. The topological polar surface area (TPSA) is 69.4 Å². The first-order valence-electron chi connectivity index (χ1n) is 4.42. The summed E-state index contributed by atoms with van der Waals surface area (Å²) in [7, 11) is 1.05. The smallest absolute Gasteiger partial charge is 0.348 e. The molecule has 16 heavy (non-hydrogen) atoms. The largest absolute Gasteiger partial charge is 0.466 e. The fourth-order valence-corrected chi connectivity index (χ4v) is 1.22. The molecule has 86 valence electrons. The Morgan fingerprint density at radius 1 is 1.56 bits per heavy atom. The minimum absolute atomic E-state index is 0.103. The third kappa shape index (κ3) is 2.16. The molecule has 0 amide bonds. The van der Waals surface area contributed by atoms with Crippen LogP contribution in [0.3, 0.4) is 0 Å². The standard InChI is InChI=1S/C10H10FNO4/c1-10(11,9(13)16-2)7-4-3-5-8(6-7)12(14)15/h3-6H,1-2H3. The SMILES string of the molecule is COC(=O)C(C)(F)c1cccc([N+](=O)[O-])c1. The van der Waals surface area contributed by atoms with Gasteiger partial charge in [-0.05, 0) is 6.92 Å². The highest BCUT2D eigenvalue weighted by Gasteiger charge is 2.37. The number of nitrogens with zero attached hydrogens (tertiary/aromatic N) is 1. The molecule has 0 aliphatic heterocycles. The molecule has 1 unspecified atom stereocenters. The van der Waals surface area contributed by atoms with Crippen LogP contribution in [0.2, 0.25) is 0 Å². The molecule has 0 aliphatic carbocycles. The van der Waals surface area contributed by atoms with Gasteiger partial charge in [0, 0.05) is 17.7 Å². The van der Waals surface area contributed by atoms with Crippen molar-refractivity contribution in [3.05, 3.63) is 39.9 Å². The first kappa shape index (κ1) is 12.1. The normalized spacial score (nSPS) is 13.9. The van der Waals surface area contributed by atoms with E-state index in [0.29, 0.717) is 0 Å². The predicted octanol–water partition coefficient (Wildman–Crippen LogP) is 1.95. The number of halogens is 1. The van der Waals surface area contributed by atoms with Gasteiger partial charge in [-0.2, -0.15) is 0 Å². The zero-order valence-electron chi connectivity index (χ0n) is 8.77. The zero-order valence-corrected chi connectivity index (χ0v) is 8.77. The number of nitro groups is 1. The molecule has 0 bridgehead atoms. The summed E-state index contributed by atoms with van der Waals surface area (Å²) in [6.45, 7) is 0.998. The molecule has 0 saturated heterocycles. The Balaban J connectivity index is 3.18. The lowest BCUT2D eigenvalue weighted by atomic mass is 9.98. The van der Waals surface area contributed by atoms with E-state index in [9.17, 15) is 19.3 Å². The number of methoxy groups -OCH3 is 1. The number of esters is 1. The van der Waals surface area contributed by atoms with Gasteiger partial charge in [-0.3, -0.25) is 10.1 Å². The Labute approximate surface area is 91.0 Å². The minimum atomic E-state index is -2.39. The maximum atomic E-state index is 14.0. The lowest BCUT2D eigenvalue weighted by molar-refractivity contribution is -0.385. The van der Waals surface area contributed by atoms with Crippen LogP contribution in [0.1, 0.15) is 12.5 Å². The van der Waals surface area contributed by atoms with Crippen molar-refractivity contribution in [3.63, 3.8) is 0 Å².